The van der Waals surface area contributed by atoms with Gasteiger partial charge in [0.2, 0.25) is 0 Å². The van der Waals surface area contributed by atoms with Gasteiger partial charge in [0.1, 0.15) is 5.75 Å². The fraction of sp³-hybridized carbons (Fsp3) is 0.500. The van der Waals surface area contributed by atoms with Crippen LogP contribution in [0.2, 0.25) is 5.02 Å². The molecule has 0 radical (unpaired) electrons. The number of amides is 1. The van der Waals surface area contributed by atoms with Gasteiger partial charge in [-0.3, -0.25) is 4.79 Å². The first-order valence-electron chi connectivity index (χ1n) is 6.23. The van der Waals surface area contributed by atoms with Crippen molar-refractivity contribution in [2.45, 2.75) is 26.8 Å². The highest BCUT2D eigenvalue weighted by Gasteiger charge is 2.15. The van der Waals surface area contributed by atoms with E-state index in [2.05, 4.69) is 5.32 Å². The van der Waals surface area contributed by atoms with E-state index in [-0.39, 0.29) is 31.1 Å². The summed E-state index contributed by atoms with van der Waals surface area (Å²) in [7, 11) is 0. The summed E-state index contributed by atoms with van der Waals surface area (Å²) in [6.07, 6.45) is 0. The van der Waals surface area contributed by atoms with E-state index in [1.54, 1.807) is 12.1 Å². The van der Waals surface area contributed by atoms with Crippen LogP contribution in [0.1, 0.15) is 19.4 Å². The maximum Gasteiger partial charge on any atom is 0.258 e. The SMILES string of the molecule is Cc1ccc(Cl)c(OCC(=O)NC(CO)C(C)C)c1. The molecule has 0 aliphatic carbocycles. The number of rotatable bonds is 6. The highest BCUT2D eigenvalue weighted by atomic mass is 35.5. The van der Waals surface area contributed by atoms with Crippen LogP contribution in [-0.4, -0.2) is 30.3 Å². The molecule has 1 amide bonds. The van der Waals surface area contributed by atoms with Gasteiger partial charge in [0.15, 0.2) is 6.61 Å². The maximum atomic E-state index is 11.7. The fourth-order valence-corrected chi connectivity index (χ4v) is 1.71. The molecule has 1 rings (SSSR count). The van der Waals surface area contributed by atoms with Gasteiger partial charge in [-0.1, -0.05) is 31.5 Å². The molecule has 0 spiro atoms. The van der Waals surface area contributed by atoms with Crippen molar-refractivity contribution in [3.8, 4) is 5.75 Å². The minimum atomic E-state index is -0.273. The summed E-state index contributed by atoms with van der Waals surface area (Å²) in [6.45, 7) is 5.57. The number of benzene rings is 1. The summed E-state index contributed by atoms with van der Waals surface area (Å²) in [6, 6.07) is 5.12. The summed E-state index contributed by atoms with van der Waals surface area (Å²) >= 11 is 5.97. The van der Waals surface area contributed by atoms with E-state index in [1.165, 1.54) is 0 Å². The molecule has 1 aromatic rings. The van der Waals surface area contributed by atoms with Crippen LogP contribution in [-0.2, 0) is 4.79 Å². The Morgan fingerprint density at radius 2 is 2.16 bits per heavy atom. The van der Waals surface area contributed by atoms with Crippen molar-refractivity contribution >= 4 is 17.5 Å². The van der Waals surface area contributed by atoms with E-state index in [1.807, 2.05) is 26.8 Å². The van der Waals surface area contributed by atoms with Gasteiger partial charge >= 0.3 is 0 Å². The molecule has 0 bridgehead atoms. The Bertz CT molecular complexity index is 435. The first-order chi connectivity index (χ1) is 8.93. The average Bonchev–Trinajstić information content (AvgIpc) is 2.36. The Kier molecular flexibility index (Phi) is 6.12. The molecule has 0 heterocycles. The van der Waals surface area contributed by atoms with Gasteiger partial charge in [-0.05, 0) is 30.5 Å². The van der Waals surface area contributed by atoms with Gasteiger partial charge in [0.25, 0.3) is 5.91 Å². The van der Waals surface area contributed by atoms with Gasteiger partial charge in [-0.2, -0.15) is 0 Å². The Labute approximate surface area is 118 Å². The lowest BCUT2D eigenvalue weighted by molar-refractivity contribution is -0.124. The highest BCUT2D eigenvalue weighted by molar-refractivity contribution is 6.32. The summed E-state index contributed by atoms with van der Waals surface area (Å²) < 4.78 is 5.38. The number of halogens is 1. The normalized spacial score (nSPS) is 12.3. The molecule has 19 heavy (non-hydrogen) atoms. The van der Waals surface area contributed by atoms with Crippen molar-refractivity contribution in [1.82, 2.24) is 5.32 Å². The molecule has 5 heteroatoms. The Hall–Kier alpha value is -1.26. The Morgan fingerprint density at radius 3 is 2.74 bits per heavy atom. The van der Waals surface area contributed by atoms with E-state index >= 15 is 0 Å². The fourth-order valence-electron chi connectivity index (χ4n) is 1.54. The van der Waals surface area contributed by atoms with Gasteiger partial charge in [-0.25, -0.2) is 0 Å². The standard InChI is InChI=1S/C14H20ClNO3/c1-9(2)12(7-17)16-14(18)8-19-13-6-10(3)4-5-11(13)15/h4-6,9,12,17H,7-8H2,1-3H3,(H,16,18). The quantitative estimate of drug-likeness (QED) is 0.842. The molecular formula is C14H20ClNO3. The number of ether oxygens (including phenoxy) is 1. The zero-order valence-corrected chi connectivity index (χ0v) is 12.2. The zero-order valence-electron chi connectivity index (χ0n) is 11.4. The average molecular weight is 286 g/mol. The van der Waals surface area contributed by atoms with Crippen molar-refractivity contribution in [1.29, 1.82) is 0 Å². The third-order valence-electron chi connectivity index (χ3n) is 2.79. The number of carbonyl (C=O) groups excluding carboxylic acids is 1. The molecule has 4 nitrogen and oxygen atoms in total. The molecule has 0 aliphatic heterocycles. The topological polar surface area (TPSA) is 58.6 Å². The lowest BCUT2D eigenvalue weighted by Gasteiger charge is -2.20. The predicted molar refractivity (Wildman–Crippen MR) is 75.5 cm³/mol. The molecule has 0 aliphatic rings. The van der Waals surface area contributed by atoms with Crippen LogP contribution < -0.4 is 10.1 Å². The molecule has 106 valence electrons. The third kappa shape index (κ3) is 5.09. The van der Waals surface area contributed by atoms with Gasteiger partial charge in [0, 0.05) is 0 Å². The second-order valence-electron chi connectivity index (χ2n) is 4.82. The number of carbonyl (C=O) groups is 1. The number of hydrogen-bond donors (Lipinski definition) is 2. The molecule has 1 aromatic carbocycles. The van der Waals surface area contributed by atoms with E-state index in [4.69, 9.17) is 21.4 Å². The first kappa shape index (κ1) is 15.8. The van der Waals surface area contributed by atoms with E-state index in [9.17, 15) is 4.79 Å². The smallest absolute Gasteiger partial charge is 0.258 e. The Morgan fingerprint density at radius 1 is 1.47 bits per heavy atom. The molecule has 0 saturated carbocycles. The minimum absolute atomic E-state index is 0.0887. The van der Waals surface area contributed by atoms with Gasteiger partial charge in [0.05, 0.1) is 17.7 Å². The molecule has 0 fully saturated rings. The van der Waals surface area contributed by atoms with Crippen LogP contribution in [0.5, 0.6) is 5.75 Å². The molecule has 1 unspecified atom stereocenters. The second kappa shape index (κ2) is 7.36. The molecular weight excluding hydrogens is 266 g/mol. The minimum Gasteiger partial charge on any atom is -0.482 e. The van der Waals surface area contributed by atoms with E-state index in [0.717, 1.165) is 5.56 Å². The molecule has 0 aromatic heterocycles. The largest absolute Gasteiger partial charge is 0.482 e. The number of hydrogen-bond acceptors (Lipinski definition) is 3. The van der Waals surface area contributed by atoms with Crippen LogP contribution in [0.3, 0.4) is 0 Å². The number of aliphatic hydroxyl groups excluding tert-OH is 1. The van der Waals surface area contributed by atoms with Crippen LogP contribution in [0.15, 0.2) is 18.2 Å². The van der Waals surface area contributed by atoms with Crippen molar-refractivity contribution < 1.29 is 14.6 Å². The van der Waals surface area contributed by atoms with Crippen molar-refractivity contribution in [3.05, 3.63) is 28.8 Å². The van der Waals surface area contributed by atoms with Crippen LogP contribution in [0.4, 0.5) is 0 Å². The van der Waals surface area contributed by atoms with Crippen LogP contribution >= 0.6 is 11.6 Å². The first-order valence-corrected chi connectivity index (χ1v) is 6.61. The molecule has 2 N–H and O–H groups in total. The summed E-state index contributed by atoms with van der Waals surface area (Å²) in [5.74, 6) is 0.378. The lowest BCUT2D eigenvalue weighted by atomic mass is 10.1. The molecule has 0 saturated heterocycles. The van der Waals surface area contributed by atoms with E-state index < -0.39 is 0 Å². The van der Waals surface area contributed by atoms with Crippen molar-refractivity contribution in [2.24, 2.45) is 5.92 Å². The molecule has 1 atom stereocenters. The summed E-state index contributed by atoms with van der Waals surface area (Å²) in [5.41, 5.74) is 1.01. The van der Waals surface area contributed by atoms with Crippen molar-refractivity contribution in [2.75, 3.05) is 13.2 Å². The number of aliphatic hydroxyl groups is 1. The van der Waals surface area contributed by atoms with Crippen molar-refractivity contribution in [3.63, 3.8) is 0 Å². The highest BCUT2D eigenvalue weighted by Crippen LogP contribution is 2.25. The summed E-state index contributed by atoms with van der Waals surface area (Å²) in [4.78, 5) is 11.7. The van der Waals surface area contributed by atoms with E-state index in [0.29, 0.717) is 10.8 Å². The van der Waals surface area contributed by atoms with Crippen LogP contribution in [0, 0.1) is 12.8 Å². The Balaban J connectivity index is 2.52. The number of aryl methyl sites for hydroxylation is 1. The summed E-state index contributed by atoms with van der Waals surface area (Å²) in [5, 5.41) is 12.3. The van der Waals surface area contributed by atoms with Gasteiger partial charge in [-0.15, -0.1) is 0 Å². The monoisotopic (exact) mass is 285 g/mol. The lowest BCUT2D eigenvalue weighted by Crippen LogP contribution is -2.43. The predicted octanol–water partition coefficient (Wildman–Crippen LogP) is 2.16. The zero-order chi connectivity index (χ0) is 14.4. The third-order valence-corrected chi connectivity index (χ3v) is 3.11. The maximum absolute atomic E-state index is 11.7. The number of nitrogens with one attached hydrogen (secondary N) is 1. The van der Waals surface area contributed by atoms with Crippen LogP contribution in [0.25, 0.3) is 0 Å². The second-order valence-corrected chi connectivity index (χ2v) is 5.23. The van der Waals surface area contributed by atoms with Gasteiger partial charge < -0.3 is 15.2 Å².